The summed E-state index contributed by atoms with van der Waals surface area (Å²) in [5, 5.41) is 9.58. The van der Waals surface area contributed by atoms with Crippen LogP contribution in [0.3, 0.4) is 0 Å². The van der Waals surface area contributed by atoms with Gasteiger partial charge in [-0.05, 0) is 42.9 Å². The number of nitrogens with zero attached hydrogens (tertiary/aromatic N) is 1. The van der Waals surface area contributed by atoms with Crippen LogP contribution in [0.5, 0.6) is 0 Å². The summed E-state index contributed by atoms with van der Waals surface area (Å²) < 4.78 is 0.987. The quantitative estimate of drug-likeness (QED) is 0.918. The zero-order valence-corrected chi connectivity index (χ0v) is 12.2. The van der Waals surface area contributed by atoms with E-state index in [4.69, 9.17) is 0 Å². The number of benzene rings is 1. The molecule has 1 aromatic rings. The van der Waals surface area contributed by atoms with E-state index in [1.54, 1.807) is 6.92 Å². The number of halogens is 1. The first-order valence-electron chi connectivity index (χ1n) is 6.17. The predicted molar refractivity (Wildman–Crippen MR) is 75.3 cm³/mol. The molecule has 2 rings (SSSR count). The van der Waals surface area contributed by atoms with Crippen molar-refractivity contribution >= 4 is 21.6 Å². The van der Waals surface area contributed by atoms with Crippen molar-refractivity contribution in [1.82, 2.24) is 0 Å². The van der Waals surface area contributed by atoms with Gasteiger partial charge in [-0.25, -0.2) is 0 Å². The zero-order valence-electron chi connectivity index (χ0n) is 10.7. The van der Waals surface area contributed by atoms with Crippen LogP contribution in [-0.4, -0.2) is 18.7 Å². The topological polar surface area (TPSA) is 23.5 Å². The summed E-state index contributed by atoms with van der Waals surface area (Å²) in [4.78, 5) is 2.30. The molecule has 1 aliphatic rings. The molecule has 3 heteroatoms. The summed E-state index contributed by atoms with van der Waals surface area (Å²) in [6, 6.07) is 6.17. The van der Waals surface area contributed by atoms with Crippen LogP contribution < -0.4 is 4.90 Å². The minimum absolute atomic E-state index is 0.424. The number of hydrogen-bond donors (Lipinski definition) is 1. The van der Waals surface area contributed by atoms with Crippen LogP contribution >= 0.6 is 15.9 Å². The lowest BCUT2D eigenvalue weighted by Crippen LogP contribution is -2.20. The molecule has 0 aliphatic heterocycles. The fourth-order valence-electron chi connectivity index (χ4n) is 2.20. The smallest absolute Gasteiger partial charge is 0.0772 e. The van der Waals surface area contributed by atoms with Gasteiger partial charge in [0.05, 0.1) is 6.10 Å². The van der Waals surface area contributed by atoms with Gasteiger partial charge in [-0.2, -0.15) is 0 Å². The van der Waals surface area contributed by atoms with Gasteiger partial charge in [-0.1, -0.05) is 28.9 Å². The molecule has 0 heterocycles. The van der Waals surface area contributed by atoms with Crippen molar-refractivity contribution in [2.24, 2.45) is 11.8 Å². The summed E-state index contributed by atoms with van der Waals surface area (Å²) in [6.45, 7) is 5.22. The molecule has 1 aromatic carbocycles. The van der Waals surface area contributed by atoms with Crippen molar-refractivity contribution in [2.45, 2.75) is 26.4 Å². The minimum atomic E-state index is -0.424. The van der Waals surface area contributed by atoms with E-state index in [-0.39, 0.29) is 0 Å². The Morgan fingerprint density at radius 2 is 2.18 bits per heavy atom. The number of anilines is 1. The first-order chi connectivity index (χ1) is 7.99. The molecule has 0 amide bonds. The van der Waals surface area contributed by atoms with Crippen LogP contribution in [-0.2, 0) is 0 Å². The summed E-state index contributed by atoms with van der Waals surface area (Å²) in [5.41, 5.74) is 2.15. The van der Waals surface area contributed by atoms with E-state index in [1.807, 2.05) is 6.07 Å². The van der Waals surface area contributed by atoms with Crippen molar-refractivity contribution in [1.29, 1.82) is 0 Å². The van der Waals surface area contributed by atoms with Gasteiger partial charge in [0.25, 0.3) is 0 Å². The maximum absolute atomic E-state index is 9.58. The Morgan fingerprint density at radius 1 is 1.53 bits per heavy atom. The van der Waals surface area contributed by atoms with Crippen LogP contribution in [0, 0.1) is 11.8 Å². The molecule has 94 valence electrons. The highest BCUT2D eigenvalue weighted by Gasteiger charge is 2.33. The van der Waals surface area contributed by atoms with Gasteiger partial charge in [0.15, 0.2) is 0 Å². The lowest BCUT2D eigenvalue weighted by molar-refractivity contribution is 0.198. The lowest BCUT2D eigenvalue weighted by Gasteiger charge is -2.20. The molecule has 3 atom stereocenters. The van der Waals surface area contributed by atoms with Crippen LogP contribution in [0.4, 0.5) is 5.69 Å². The Labute approximate surface area is 112 Å². The minimum Gasteiger partial charge on any atom is -0.389 e. The van der Waals surface area contributed by atoms with Gasteiger partial charge >= 0.3 is 0 Å². The Hall–Kier alpha value is -0.540. The Kier molecular flexibility index (Phi) is 3.79. The molecule has 2 unspecified atom stereocenters. The molecule has 0 aromatic heterocycles. The lowest BCUT2D eigenvalue weighted by atomic mass is 10.1. The molecule has 1 N–H and O–H groups in total. The van der Waals surface area contributed by atoms with Gasteiger partial charge in [-0.15, -0.1) is 0 Å². The van der Waals surface area contributed by atoms with E-state index in [0.717, 1.165) is 28.4 Å². The molecule has 1 saturated carbocycles. The van der Waals surface area contributed by atoms with Gasteiger partial charge in [0, 0.05) is 23.8 Å². The summed E-state index contributed by atoms with van der Waals surface area (Å²) in [7, 11) is 2.13. The van der Waals surface area contributed by atoms with Crippen molar-refractivity contribution in [3.05, 3.63) is 28.2 Å². The second-order valence-corrected chi connectivity index (χ2v) is 6.09. The van der Waals surface area contributed by atoms with Crippen molar-refractivity contribution in [3.63, 3.8) is 0 Å². The average molecular weight is 298 g/mol. The van der Waals surface area contributed by atoms with Crippen LogP contribution in [0.25, 0.3) is 0 Å². The second-order valence-electron chi connectivity index (χ2n) is 5.24. The van der Waals surface area contributed by atoms with E-state index in [2.05, 4.69) is 46.9 Å². The van der Waals surface area contributed by atoms with Crippen LogP contribution in [0.1, 0.15) is 31.9 Å². The van der Waals surface area contributed by atoms with Crippen LogP contribution in [0.2, 0.25) is 0 Å². The van der Waals surface area contributed by atoms with Crippen molar-refractivity contribution in [2.75, 3.05) is 18.5 Å². The molecule has 0 saturated heterocycles. The normalized spacial score (nSPS) is 24.5. The van der Waals surface area contributed by atoms with Gasteiger partial charge in [-0.3, -0.25) is 0 Å². The van der Waals surface area contributed by atoms with E-state index >= 15 is 0 Å². The highest BCUT2D eigenvalue weighted by atomic mass is 79.9. The number of hydrogen-bond acceptors (Lipinski definition) is 2. The molecule has 1 fully saturated rings. The molecule has 2 nitrogen and oxygen atoms in total. The number of aliphatic hydroxyl groups excluding tert-OH is 1. The third-order valence-electron chi connectivity index (χ3n) is 3.66. The van der Waals surface area contributed by atoms with Gasteiger partial charge < -0.3 is 10.0 Å². The highest BCUT2D eigenvalue weighted by molar-refractivity contribution is 9.10. The SMILES string of the molecule is CC1CC1CN(C)c1ccc([C@@H](C)O)c(Br)c1. The number of aliphatic hydroxyl groups is 1. The Balaban J connectivity index is 2.08. The Bertz CT molecular complexity index is 405. The molecule has 17 heavy (non-hydrogen) atoms. The van der Waals surface area contributed by atoms with Crippen molar-refractivity contribution in [3.8, 4) is 0 Å². The van der Waals surface area contributed by atoms with Gasteiger partial charge in [0.2, 0.25) is 0 Å². The van der Waals surface area contributed by atoms with E-state index < -0.39 is 6.10 Å². The first kappa shape index (κ1) is 12.9. The fourth-order valence-corrected chi connectivity index (χ4v) is 2.90. The molecule has 1 aliphatic carbocycles. The zero-order chi connectivity index (χ0) is 12.6. The average Bonchev–Trinajstić information content (AvgIpc) is 2.93. The standard InChI is InChI=1S/C14H20BrNO/c1-9-6-11(9)8-16(3)12-4-5-13(10(2)17)14(15)7-12/h4-5,7,9-11,17H,6,8H2,1-3H3/t9?,10-,11?/m1/s1. The first-order valence-corrected chi connectivity index (χ1v) is 6.97. The molecule has 0 spiro atoms. The largest absolute Gasteiger partial charge is 0.389 e. The third kappa shape index (κ3) is 3.02. The van der Waals surface area contributed by atoms with E-state index in [9.17, 15) is 5.11 Å². The summed E-state index contributed by atoms with van der Waals surface area (Å²) in [6.07, 6.45) is 0.934. The van der Waals surface area contributed by atoms with Crippen LogP contribution in [0.15, 0.2) is 22.7 Å². The maximum atomic E-state index is 9.58. The highest BCUT2D eigenvalue weighted by Crippen LogP contribution is 2.39. The summed E-state index contributed by atoms with van der Waals surface area (Å²) >= 11 is 3.52. The fraction of sp³-hybridized carbons (Fsp3) is 0.571. The maximum Gasteiger partial charge on any atom is 0.0772 e. The molecular formula is C14H20BrNO. The molecule has 0 radical (unpaired) electrons. The van der Waals surface area contributed by atoms with E-state index in [0.29, 0.717) is 0 Å². The third-order valence-corrected chi connectivity index (χ3v) is 4.35. The van der Waals surface area contributed by atoms with E-state index in [1.165, 1.54) is 12.1 Å². The monoisotopic (exact) mass is 297 g/mol. The number of rotatable bonds is 4. The summed E-state index contributed by atoms with van der Waals surface area (Å²) in [5.74, 6) is 1.74. The van der Waals surface area contributed by atoms with Crippen molar-refractivity contribution < 1.29 is 5.11 Å². The molecule has 0 bridgehead atoms. The van der Waals surface area contributed by atoms with Gasteiger partial charge in [0.1, 0.15) is 0 Å². The second kappa shape index (κ2) is 4.99. The molecular weight excluding hydrogens is 278 g/mol. The Morgan fingerprint density at radius 3 is 2.65 bits per heavy atom. The predicted octanol–water partition coefficient (Wildman–Crippen LogP) is 3.59.